The van der Waals surface area contributed by atoms with Crippen molar-refractivity contribution in [1.82, 2.24) is 4.90 Å². The molecule has 0 saturated carbocycles. The van der Waals surface area contributed by atoms with Gasteiger partial charge in [-0.2, -0.15) is 0 Å². The van der Waals surface area contributed by atoms with Gasteiger partial charge in [-0.25, -0.2) is 9.59 Å². The molecule has 8 nitrogen and oxygen atoms in total. The number of carbonyl (C=O) groups is 4. The molecule has 0 aliphatic carbocycles. The Morgan fingerprint density at radius 3 is 2.31 bits per heavy atom. The quantitative estimate of drug-likeness (QED) is 0.718. The SMILES string of the molecule is COC(=O)C1=C(C(=O)OC)[C@]23O[C@@]1(C(C)=O)CN2C(=O)c1ccccc13. The number of ketones is 1. The molecule has 1 aromatic rings. The first-order valence-corrected chi connectivity index (χ1v) is 7.89. The van der Waals surface area contributed by atoms with Crippen LogP contribution in [0.15, 0.2) is 35.4 Å². The molecule has 1 amide bonds. The first kappa shape index (κ1) is 16.5. The summed E-state index contributed by atoms with van der Waals surface area (Å²) in [5, 5.41) is 0. The van der Waals surface area contributed by atoms with Gasteiger partial charge in [-0.3, -0.25) is 14.5 Å². The highest BCUT2D eigenvalue weighted by molar-refractivity contribution is 6.14. The molecule has 3 aliphatic heterocycles. The highest BCUT2D eigenvalue weighted by atomic mass is 16.6. The van der Waals surface area contributed by atoms with E-state index in [1.807, 2.05) is 0 Å². The lowest BCUT2D eigenvalue weighted by Gasteiger charge is -2.32. The molecule has 1 saturated heterocycles. The minimum Gasteiger partial charge on any atom is -0.466 e. The van der Waals surface area contributed by atoms with Crippen LogP contribution in [0.2, 0.25) is 0 Å². The molecule has 1 spiro atoms. The maximum absolute atomic E-state index is 12.9. The van der Waals surface area contributed by atoms with E-state index in [2.05, 4.69) is 0 Å². The summed E-state index contributed by atoms with van der Waals surface area (Å²) in [6.45, 7) is 1.07. The third-order valence-electron chi connectivity index (χ3n) is 5.19. The normalized spacial score (nSPS) is 28.1. The third kappa shape index (κ3) is 1.58. The average molecular weight is 357 g/mol. The first-order chi connectivity index (χ1) is 12.3. The number of hydrogen-bond donors (Lipinski definition) is 0. The number of esters is 2. The molecule has 26 heavy (non-hydrogen) atoms. The van der Waals surface area contributed by atoms with Crippen LogP contribution in [0, 0.1) is 0 Å². The highest BCUT2D eigenvalue weighted by Gasteiger charge is 2.75. The number of fused-ring (bicyclic) bond motifs is 2. The largest absolute Gasteiger partial charge is 0.466 e. The third-order valence-corrected chi connectivity index (χ3v) is 5.19. The zero-order chi connectivity index (χ0) is 18.9. The van der Waals surface area contributed by atoms with Gasteiger partial charge in [0.25, 0.3) is 5.91 Å². The Kier molecular flexibility index (Phi) is 3.17. The van der Waals surface area contributed by atoms with Gasteiger partial charge in [-0.1, -0.05) is 18.2 Å². The van der Waals surface area contributed by atoms with Gasteiger partial charge in [-0.05, 0) is 13.0 Å². The molecule has 1 aromatic carbocycles. The molecule has 0 radical (unpaired) electrons. The van der Waals surface area contributed by atoms with Gasteiger partial charge in [0.1, 0.15) is 5.57 Å². The number of ether oxygens (including phenoxy) is 3. The average Bonchev–Trinajstić information content (AvgIpc) is 3.24. The molecule has 4 rings (SSSR count). The molecule has 0 aromatic heterocycles. The van der Waals surface area contributed by atoms with Crippen molar-refractivity contribution in [2.45, 2.75) is 18.2 Å². The maximum Gasteiger partial charge on any atom is 0.339 e. The molecule has 0 unspecified atom stereocenters. The number of Topliss-reactive ketones (excluding diaryl/α,β-unsaturated/α-hetero) is 1. The van der Waals surface area contributed by atoms with Crippen LogP contribution in [0.5, 0.6) is 0 Å². The number of nitrogens with zero attached hydrogens (tertiary/aromatic N) is 1. The van der Waals surface area contributed by atoms with E-state index in [-0.39, 0.29) is 23.6 Å². The molecule has 134 valence electrons. The molecule has 2 bridgehead atoms. The Labute approximate surface area is 148 Å². The minimum atomic E-state index is -1.76. The zero-order valence-electron chi connectivity index (χ0n) is 14.3. The second-order valence-electron chi connectivity index (χ2n) is 6.30. The molecule has 0 N–H and O–H groups in total. The van der Waals surface area contributed by atoms with Crippen LogP contribution >= 0.6 is 0 Å². The van der Waals surface area contributed by atoms with Crippen molar-refractivity contribution in [3.8, 4) is 0 Å². The maximum atomic E-state index is 12.9. The summed E-state index contributed by atoms with van der Waals surface area (Å²) in [4.78, 5) is 51.8. The molecule has 3 aliphatic rings. The summed E-state index contributed by atoms with van der Waals surface area (Å²) in [6, 6.07) is 6.61. The summed E-state index contributed by atoms with van der Waals surface area (Å²) >= 11 is 0. The van der Waals surface area contributed by atoms with Crippen LogP contribution in [0.4, 0.5) is 0 Å². The van der Waals surface area contributed by atoms with Gasteiger partial charge >= 0.3 is 11.9 Å². The molecule has 8 heteroatoms. The van der Waals surface area contributed by atoms with Crippen LogP contribution in [0.25, 0.3) is 0 Å². The smallest absolute Gasteiger partial charge is 0.339 e. The number of benzene rings is 1. The van der Waals surface area contributed by atoms with Crippen LogP contribution < -0.4 is 0 Å². The molecular formula is C18H15NO7. The second kappa shape index (κ2) is 5.01. The predicted molar refractivity (Wildman–Crippen MR) is 84.7 cm³/mol. The zero-order valence-corrected chi connectivity index (χ0v) is 14.3. The van der Waals surface area contributed by atoms with Gasteiger partial charge < -0.3 is 14.2 Å². The summed E-state index contributed by atoms with van der Waals surface area (Å²) < 4.78 is 15.7. The summed E-state index contributed by atoms with van der Waals surface area (Å²) in [6.07, 6.45) is 0. The van der Waals surface area contributed by atoms with Crippen molar-refractivity contribution >= 4 is 23.6 Å². The second-order valence-corrected chi connectivity index (χ2v) is 6.30. The number of carbonyl (C=O) groups excluding carboxylic acids is 4. The van der Waals surface area contributed by atoms with E-state index in [0.717, 1.165) is 14.2 Å². The summed E-state index contributed by atoms with van der Waals surface area (Å²) in [7, 11) is 2.30. The first-order valence-electron chi connectivity index (χ1n) is 7.89. The van der Waals surface area contributed by atoms with Gasteiger partial charge in [-0.15, -0.1) is 0 Å². The minimum absolute atomic E-state index is 0.180. The molecule has 2 atom stereocenters. The monoisotopic (exact) mass is 357 g/mol. The molecule has 3 heterocycles. The van der Waals surface area contributed by atoms with Crippen LogP contribution in [0.3, 0.4) is 0 Å². The van der Waals surface area contributed by atoms with E-state index in [1.54, 1.807) is 24.3 Å². The fourth-order valence-corrected chi connectivity index (χ4v) is 4.09. The number of rotatable bonds is 3. The number of hydrogen-bond acceptors (Lipinski definition) is 7. The van der Waals surface area contributed by atoms with Crippen molar-refractivity contribution in [3.63, 3.8) is 0 Å². The Hall–Kier alpha value is -3.00. The van der Waals surface area contributed by atoms with Gasteiger partial charge in [0, 0.05) is 11.1 Å². The van der Waals surface area contributed by atoms with Crippen molar-refractivity contribution in [2.24, 2.45) is 0 Å². The standard InChI is InChI=1S/C18H15NO7/c1-9(20)17-8-19-14(21)10-6-4-5-7-11(10)18(19,26-17)13(16(23)25-3)12(17)15(22)24-2/h4-7H,8H2,1-3H3/t17-,18+/m1/s1. The predicted octanol–water partition coefficient (Wildman–Crippen LogP) is 0.309. The van der Waals surface area contributed by atoms with Gasteiger partial charge in [0.05, 0.1) is 26.3 Å². The van der Waals surface area contributed by atoms with Crippen LogP contribution in [0.1, 0.15) is 22.8 Å². The van der Waals surface area contributed by atoms with Crippen LogP contribution in [-0.4, -0.2) is 54.9 Å². The Balaban J connectivity index is 2.11. The van der Waals surface area contributed by atoms with E-state index in [0.29, 0.717) is 11.1 Å². The van der Waals surface area contributed by atoms with E-state index < -0.39 is 29.0 Å². The van der Waals surface area contributed by atoms with Crippen molar-refractivity contribution in [3.05, 3.63) is 46.5 Å². The Bertz CT molecular complexity index is 933. The highest BCUT2D eigenvalue weighted by Crippen LogP contribution is 2.61. The van der Waals surface area contributed by atoms with Crippen molar-refractivity contribution in [1.29, 1.82) is 0 Å². The Morgan fingerprint density at radius 2 is 1.69 bits per heavy atom. The van der Waals surface area contributed by atoms with Gasteiger partial charge in [0.2, 0.25) is 5.72 Å². The van der Waals surface area contributed by atoms with E-state index >= 15 is 0 Å². The lowest BCUT2D eigenvalue weighted by Crippen LogP contribution is -2.50. The molecule has 1 fully saturated rings. The van der Waals surface area contributed by atoms with Crippen molar-refractivity contribution < 1.29 is 33.4 Å². The summed E-state index contributed by atoms with van der Waals surface area (Å²) in [5.41, 5.74) is -3.09. The van der Waals surface area contributed by atoms with E-state index in [4.69, 9.17) is 14.2 Å². The topological polar surface area (TPSA) is 99.2 Å². The fraction of sp³-hybridized carbons (Fsp3) is 0.333. The molecular weight excluding hydrogens is 342 g/mol. The lowest BCUT2D eigenvalue weighted by atomic mass is 9.82. The van der Waals surface area contributed by atoms with Gasteiger partial charge in [0.15, 0.2) is 11.4 Å². The van der Waals surface area contributed by atoms with Crippen LogP contribution in [-0.2, 0) is 34.3 Å². The number of methoxy groups -OCH3 is 2. The Morgan fingerprint density at radius 1 is 1.08 bits per heavy atom. The van der Waals surface area contributed by atoms with E-state index in [9.17, 15) is 19.2 Å². The fourth-order valence-electron chi connectivity index (χ4n) is 4.09. The number of amides is 1. The van der Waals surface area contributed by atoms with E-state index in [1.165, 1.54) is 11.8 Å². The lowest BCUT2D eigenvalue weighted by molar-refractivity contribution is -0.148. The van der Waals surface area contributed by atoms with Crippen molar-refractivity contribution in [2.75, 3.05) is 20.8 Å². The summed E-state index contributed by atoms with van der Waals surface area (Å²) in [5.74, 6) is -2.61.